The summed E-state index contributed by atoms with van der Waals surface area (Å²) in [7, 11) is 1.92. The van der Waals surface area contributed by atoms with Gasteiger partial charge in [0.1, 0.15) is 12.5 Å². The number of hydrogen-bond acceptors (Lipinski definition) is 5. The smallest absolute Gasteiger partial charge is 0.130 e. The summed E-state index contributed by atoms with van der Waals surface area (Å²) in [5, 5.41) is 14.3. The fourth-order valence-electron chi connectivity index (χ4n) is 4.41. The molecule has 3 aromatic heterocycles. The molecule has 0 aliphatic carbocycles. The molecule has 0 radical (unpaired) electrons. The number of nitrogens with zero attached hydrogens (tertiary/aromatic N) is 6. The molecule has 7 nitrogen and oxygen atoms in total. The summed E-state index contributed by atoms with van der Waals surface area (Å²) in [6.45, 7) is 6.26. The lowest BCUT2D eigenvalue weighted by atomic mass is 10.0. The van der Waals surface area contributed by atoms with E-state index in [1.54, 1.807) is 4.68 Å². The first kappa shape index (κ1) is 21.3. The molecule has 4 heterocycles. The Bertz CT molecular complexity index is 1270. The minimum absolute atomic E-state index is 0.282. The number of anilines is 1. The topological polar surface area (TPSA) is 63.8 Å². The highest BCUT2D eigenvalue weighted by Gasteiger charge is 2.21. The molecule has 33 heavy (non-hydrogen) atoms. The molecule has 0 saturated carbocycles. The molecular formula is C25H28FN7. The molecule has 1 N–H and O–H groups in total. The first-order chi connectivity index (χ1) is 16.1. The van der Waals surface area contributed by atoms with Gasteiger partial charge in [0.25, 0.3) is 0 Å². The Labute approximate surface area is 192 Å². The third-order valence-electron chi connectivity index (χ3n) is 6.32. The summed E-state index contributed by atoms with van der Waals surface area (Å²) in [5.41, 5.74) is 3.89. The van der Waals surface area contributed by atoms with Crippen molar-refractivity contribution in [2.45, 2.75) is 18.9 Å². The van der Waals surface area contributed by atoms with Gasteiger partial charge in [-0.15, -0.1) is 0 Å². The summed E-state index contributed by atoms with van der Waals surface area (Å²) >= 11 is 0. The van der Waals surface area contributed by atoms with Crippen LogP contribution in [0.25, 0.3) is 27.6 Å². The molecule has 0 bridgehead atoms. The van der Waals surface area contributed by atoms with Crippen LogP contribution in [-0.4, -0.2) is 55.8 Å². The third-order valence-corrected chi connectivity index (χ3v) is 6.32. The number of fused-ring (bicyclic) bond motifs is 1. The number of hydrogen-bond donors (Lipinski definition) is 1. The lowest BCUT2D eigenvalue weighted by molar-refractivity contribution is 0.169. The molecule has 0 spiro atoms. The average molecular weight is 446 g/mol. The van der Waals surface area contributed by atoms with Crippen LogP contribution in [0.15, 0.2) is 61.8 Å². The molecule has 0 atom stereocenters. The minimum atomic E-state index is -0.282. The Hall–Kier alpha value is -3.52. The maximum atomic E-state index is 12.6. The highest BCUT2D eigenvalue weighted by atomic mass is 19.1. The van der Waals surface area contributed by atoms with Crippen molar-refractivity contribution in [2.75, 3.05) is 31.6 Å². The molecular weight excluding hydrogens is 417 g/mol. The first-order valence-corrected chi connectivity index (χ1v) is 11.3. The van der Waals surface area contributed by atoms with Gasteiger partial charge in [-0.05, 0) is 35.9 Å². The van der Waals surface area contributed by atoms with Crippen molar-refractivity contribution in [1.82, 2.24) is 29.4 Å². The number of aryl methyl sites for hydroxylation is 1. The fraction of sp³-hybridized carbons (Fsp3) is 0.320. The molecule has 1 saturated heterocycles. The van der Waals surface area contributed by atoms with Crippen LogP contribution in [0.5, 0.6) is 0 Å². The van der Waals surface area contributed by atoms with Crippen LogP contribution < -0.4 is 5.32 Å². The zero-order valence-corrected chi connectivity index (χ0v) is 18.8. The van der Waals surface area contributed by atoms with E-state index in [4.69, 9.17) is 0 Å². The molecule has 4 aromatic rings. The van der Waals surface area contributed by atoms with E-state index < -0.39 is 0 Å². The number of pyridine rings is 1. The van der Waals surface area contributed by atoms with Crippen LogP contribution in [0.2, 0.25) is 0 Å². The molecule has 0 unspecified atom stereocenters. The average Bonchev–Trinajstić information content (AvgIpc) is 3.49. The summed E-state index contributed by atoms with van der Waals surface area (Å²) in [4.78, 5) is 6.72. The first-order valence-electron chi connectivity index (χ1n) is 11.3. The Balaban J connectivity index is 1.28. The second-order valence-corrected chi connectivity index (χ2v) is 8.61. The quantitative estimate of drug-likeness (QED) is 0.453. The highest BCUT2D eigenvalue weighted by molar-refractivity contribution is 5.89. The van der Waals surface area contributed by atoms with E-state index in [0.717, 1.165) is 64.9 Å². The molecule has 1 aromatic carbocycles. The van der Waals surface area contributed by atoms with Crippen LogP contribution in [0, 0.1) is 0 Å². The molecule has 1 aliphatic heterocycles. The van der Waals surface area contributed by atoms with E-state index in [2.05, 4.69) is 50.2 Å². The van der Waals surface area contributed by atoms with Crippen molar-refractivity contribution in [3.63, 3.8) is 0 Å². The van der Waals surface area contributed by atoms with Crippen LogP contribution in [-0.2, 0) is 7.05 Å². The van der Waals surface area contributed by atoms with Crippen LogP contribution in [0.3, 0.4) is 0 Å². The zero-order valence-electron chi connectivity index (χ0n) is 18.8. The third kappa shape index (κ3) is 4.66. The summed E-state index contributed by atoms with van der Waals surface area (Å²) in [6.07, 6.45) is 11.6. The number of halogens is 1. The maximum Gasteiger partial charge on any atom is 0.130 e. The molecule has 5 rings (SSSR count). The number of likely N-dealkylation sites (tertiary alicyclic amines) is 1. The largest absolute Gasteiger partial charge is 0.340 e. The molecule has 170 valence electrons. The zero-order chi connectivity index (χ0) is 22.8. The lowest BCUT2D eigenvalue weighted by Gasteiger charge is -2.31. The van der Waals surface area contributed by atoms with Gasteiger partial charge < -0.3 is 10.2 Å². The maximum absolute atomic E-state index is 12.6. The van der Waals surface area contributed by atoms with Crippen molar-refractivity contribution in [1.29, 1.82) is 0 Å². The summed E-state index contributed by atoms with van der Waals surface area (Å²) in [5.74, 6) is 0.739. The summed E-state index contributed by atoms with van der Waals surface area (Å²) < 4.78 is 16.4. The Morgan fingerprint density at radius 3 is 2.67 bits per heavy atom. The van der Waals surface area contributed by atoms with Crippen molar-refractivity contribution in [3.8, 4) is 11.1 Å². The Morgan fingerprint density at radius 1 is 1.06 bits per heavy atom. The highest BCUT2D eigenvalue weighted by Crippen LogP contribution is 2.27. The SMILES string of the molecule is C=C(Nc1cc2cc(-c3cnn(C)c3)ccc2cn1)c1cnn(C2CCN(CCF)CC2)c1. The van der Waals surface area contributed by atoms with Gasteiger partial charge in [-0.3, -0.25) is 9.36 Å². The Kier molecular flexibility index (Phi) is 5.92. The van der Waals surface area contributed by atoms with Gasteiger partial charge in [-0.25, -0.2) is 9.37 Å². The van der Waals surface area contributed by atoms with Gasteiger partial charge in [0.15, 0.2) is 0 Å². The van der Waals surface area contributed by atoms with E-state index in [-0.39, 0.29) is 6.67 Å². The second-order valence-electron chi connectivity index (χ2n) is 8.61. The number of aromatic nitrogens is 5. The Morgan fingerprint density at radius 2 is 1.91 bits per heavy atom. The van der Waals surface area contributed by atoms with Crippen molar-refractivity contribution in [3.05, 3.63) is 67.4 Å². The molecule has 1 aliphatic rings. The van der Waals surface area contributed by atoms with Gasteiger partial charge in [0.2, 0.25) is 0 Å². The molecule has 0 amide bonds. The van der Waals surface area contributed by atoms with Crippen molar-refractivity contribution < 1.29 is 4.39 Å². The fourth-order valence-corrected chi connectivity index (χ4v) is 4.41. The van der Waals surface area contributed by atoms with Crippen molar-refractivity contribution in [2.24, 2.45) is 7.05 Å². The van der Waals surface area contributed by atoms with Gasteiger partial charge in [-0.2, -0.15) is 10.2 Å². The van der Waals surface area contributed by atoms with Crippen LogP contribution >= 0.6 is 0 Å². The predicted octanol–water partition coefficient (Wildman–Crippen LogP) is 4.52. The minimum Gasteiger partial charge on any atom is -0.340 e. The molecule has 8 heteroatoms. The summed E-state index contributed by atoms with van der Waals surface area (Å²) in [6, 6.07) is 8.68. The number of alkyl halides is 1. The van der Waals surface area contributed by atoms with Gasteiger partial charge in [-0.1, -0.05) is 18.7 Å². The number of rotatable bonds is 7. The van der Waals surface area contributed by atoms with Crippen LogP contribution in [0.4, 0.5) is 10.2 Å². The van der Waals surface area contributed by atoms with E-state index in [1.807, 2.05) is 48.8 Å². The predicted molar refractivity (Wildman–Crippen MR) is 130 cm³/mol. The van der Waals surface area contributed by atoms with E-state index in [0.29, 0.717) is 12.6 Å². The second kappa shape index (κ2) is 9.15. The number of benzene rings is 1. The van der Waals surface area contributed by atoms with E-state index in [9.17, 15) is 4.39 Å². The van der Waals surface area contributed by atoms with E-state index in [1.165, 1.54) is 0 Å². The lowest BCUT2D eigenvalue weighted by Crippen LogP contribution is -2.36. The van der Waals surface area contributed by atoms with Gasteiger partial charge in [0, 0.05) is 67.5 Å². The van der Waals surface area contributed by atoms with Gasteiger partial charge in [0.05, 0.1) is 18.4 Å². The normalized spacial score (nSPS) is 15.2. The standard InChI is InChI=1S/C25H28FN7/c1-18(22-14-29-33(17-22)24-5-8-32(9-6-24)10-7-26)30-25-12-21-11-19(3-4-20(21)13-27-25)23-15-28-31(2)16-23/h3-4,11-17,24H,1,5-10H2,2H3,(H,27,30). The monoisotopic (exact) mass is 445 g/mol. The van der Waals surface area contributed by atoms with Crippen LogP contribution in [0.1, 0.15) is 24.4 Å². The number of piperidine rings is 1. The van der Waals surface area contributed by atoms with Crippen molar-refractivity contribution >= 4 is 22.3 Å². The van der Waals surface area contributed by atoms with E-state index >= 15 is 0 Å². The number of nitrogens with one attached hydrogen (secondary N) is 1. The van der Waals surface area contributed by atoms with Gasteiger partial charge >= 0.3 is 0 Å². The molecule has 1 fully saturated rings.